The highest BCUT2D eigenvalue weighted by Gasteiger charge is 2.12. The number of likely N-dealkylation sites (N-methyl/N-ethyl adjacent to an activating group) is 1. The van der Waals surface area contributed by atoms with Crippen LogP contribution in [0.15, 0.2) is 22.7 Å². The zero-order chi connectivity index (χ0) is 15.1. The summed E-state index contributed by atoms with van der Waals surface area (Å²) in [5, 5.41) is 11.8. The molecule has 0 aromatic heterocycles. The number of nitrogens with zero attached hydrogens (tertiary/aromatic N) is 1. The number of amides is 1. The van der Waals surface area contributed by atoms with Crippen molar-refractivity contribution in [3.05, 3.63) is 27.7 Å². The topological polar surface area (TPSA) is 69.6 Å². The maximum absolute atomic E-state index is 11.9. The number of halogens is 2. The van der Waals surface area contributed by atoms with Crippen molar-refractivity contribution in [2.75, 3.05) is 25.0 Å². The third-order valence-electron chi connectivity index (χ3n) is 2.66. The largest absolute Gasteiger partial charge is 0.481 e. The molecule has 1 amide bonds. The second-order valence-corrected chi connectivity index (χ2v) is 5.51. The smallest absolute Gasteiger partial charge is 0.304 e. The Kier molecular flexibility index (Phi) is 6.98. The summed E-state index contributed by atoms with van der Waals surface area (Å²) in [6.45, 7) is 2.96. The molecule has 0 saturated heterocycles. The summed E-state index contributed by atoms with van der Waals surface area (Å²) in [5.74, 6) is -1.10. The highest BCUT2D eigenvalue weighted by Crippen LogP contribution is 2.25. The van der Waals surface area contributed by atoms with E-state index < -0.39 is 5.97 Å². The number of nitrogens with one attached hydrogen (secondary N) is 1. The number of hydrogen-bond donors (Lipinski definition) is 2. The Labute approximate surface area is 131 Å². The summed E-state index contributed by atoms with van der Waals surface area (Å²) in [6, 6.07) is 5.18. The fraction of sp³-hybridized carbons (Fsp3) is 0.385. The highest BCUT2D eigenvalue weighted by molar-refractivity contribution is 9.10. The number of anilines is 1. The minimum absolute atomic E-state index is 0.0140. The van der Waals surface area contributed by atoms with Crippen LogP contribution in [0.25, 0.3) is 0 Å². The molecule has 0 aliphatic rings. The Morgan fingerprint density at radius 1 is 1.45 bits per heavy atom. The summed E-state index contributed by atoms with van der Waals surface area (Å²) in [7, 11) is 0. The third kappa shape index (κ3) is 5.90. The van der Waals surface area contributed by atoms with E-state index in [0.29, 0.717) is 23.8 Å². The van der Waals surface area contributed by atoms with Gasteiger partial charge in [-0.05, 0) is 24.7 Å². The normalized spacial score (nSPS) is 10.6. The van der Waals surface area contributed by atoms with Crippen LogP contribution in [0.1, 0.15) is 13.3 Å². The predicted octanol–water partition coefficient (Wildman–Crippen LogP) is 2.84. The molecule has 2 N–H and O–H groups in total. The van der Waals surface area contributed by atoms with Crippen LogP contribution in [0, 0.1) is 0 Å². The van der Waals surface area contributed by atoms with Gasteiger partial charge in [0.1, 0.15) is 0 Å². The Morgan fingerprint density at radius 2 is 2.15 bits per heavy atom. The second-order valence-electron chi connectivity index (χ2n) is 4.18. The van der Waals surface area contributed by atoms with Crippen LogP contribution < -0.4 is 5.32 Å². The van der Waals surface area contributed by atoms with Gasteiger partial charge in [0.25, 0.3) is 0 Å². The predicted molar refractivity (Wildman–Crippen MR) is 82.1 cm³/mol. The van der Waals surface area contributed by atoms with Crippen molar-refractivity contribution >= 4 is 45.1 Å². The third-order valence-corrected chi connectivity index (χ3v) is 3.47. The molecule has 7 heteroatoms. The van der Waals surface area contributed by atoms with Gasteiger partial charge in [0.15, 0.2) is 0 Å². The zero-order valence-electron chi connectivity index (χ0n) is 11.0. The quantitative estimate of drug-likeness (QED) is 0.781. The van der Waals surface area contributed by atoms with E-state index in [1.165, 1.54) is 0 Å². The Balaban J connectivity index is 2.55. The van der Waals surface area contributed by atoms with E-state index in [9.17, 15) is 9.59 Å². The van der Waals surface area contributed by atoms with Gasteiger partial charge in [0, 0.05) is 11.0 Å². The summed E-state index contributed by atoms with van der Waals surface area (Å²) in [6.07, 6.45) is 0.0140. The summed E-state index contributed by atoms with van der Waals surface area (Å²) in [5.41, 5.74) is 0.536. The number of hydrogen-bond acceptors (Lipinski definition) is 3. The van der Waals surface area contributed by atoms with Gasteiger partial charge in [-0.2, -0.15) is 0 Å². The molecule has 20 heavy (non-hydrogen) atoms. The number of carbonyl (C=O) groups is 2. The van der Waals surface area contributed by atoms with Crippen molar-refractivity contribution in [1.82, 2.24) is 4.90 Å². The second kappa shape index (κ2) is 8.24. The molecule has 0 atom stereocenters. The molecule has 0 saturated carbocycles. The SMILES string of the molecule is CCN(CCC(=O)O)CC(=O)Nc1ccc(Br)cc1Cl. The van der Waals surface area contributed by atoms with Crippen LogP contribution in [0.4, 0.5) is 5.69 Å². The average molecular weight is 364 g/mol. The minimum atomic E-state index is -0.875. The average Bonchev–Trinajstić information content (AvgIpc) is 2.37. The number of carboxylic acids is 1. The van der Waals surface area contributed by atoms with Crippen LogP contribution in [-0.2, 0) is 9.59 Å². The Bertz CT molecular complexity index is 497. The van der Waals surface area contributed by atoms with Crippen LogP contribution >= 0.6 is 27.5 Å². The van der Waals surface area contributed by atoms with Crippen molar-refractivity contribution in [2.45, 2.75) is 13.3 Å². The Hall–Kier alpha value is -1.11. The molecule has 0 spiro atoms. The van der Waals surface area contributed by atoms with Gasteiger partial charge >= 0.3 is 5.97 Å². The fourth-order valence-electron chi connectivity index (χ4n) is 1.59. The molecule has 5 nitrogen and oxygen atoms in total. The first kappa shape index (κ1) is 16.9. The lowest BCUT2D eigenvalue weighted by Gasteiger charge is -2.19. The molecule has 1 rings (SSSR count). The van der Waals surface area contributed by atoms with Crippen LogP contribution in [0.5, 0.6) is 0 Å². The molecular weight excluding hydrogens is 348 g/mol. The standard InChI is InChI=1S/C13H16BrClN2O3/c1-2-17(6-5-13(19)20)8-12(18)16-11-4-3-9(14)7-10(11)15/h3-4,7H,2,5-6,8H2,1H3,(H,16,18)(H,19,20). The molecule has 0 unspecified atom stereocenters. The lowest BCUT2D eigenvalue weighted by Crippen LogP contribution is -2.34. The number of aliphatic carboxylic acids is 1. The van der Waals surface area contributed by atoms with Gasteiger partial charge in [-0.15, -0.1) is 0 Å². The summed E-state index contributed by atoms with van der Waals surface area (Å²) >= 11 is 9.30. The number of carboxylic acid groups (broad SMARTS) is 1. The van der Waals surface area contributed by atoms with E-state index in [0.717, 1.165) is 4.47 Å². The first-order valence-corrected chi connectivity index (χ1v) is 7.28. The van der Waals surface area contributed by atoms with Crippen molar-refractivity contribution in [2.24, 2.45) is 0 Å². The highest BCUT2D eigenvalue weighted by atomic mass is 79.9. The van der Waals surface area contributed by atoms with Crippen molar-refractivity contribution in [3.8, 4) is 0 Å². The van der Waals surface area contributed by atoms with E-state index in [2.05, 4.69) is 21.2 Å². The van der Waals surface area contributed by atoms with Crippen LogP contribution in [0.3, 0.4) is 0 Å². The Morgan fingerprint density at radius 3 is 2.70 bits per heavy atom. The zero-order valence-corrected chi connectivity index (χ0v) is 13.4. The molecule has 0 aliphatic carbocycles. The maximum atomic E-state index is 11.9. The molecule has 110 valence electrons. The van der Waals surface area contributed by atoms with Crippen molar-refractivity contribution in [3.63, 3.8) is 0 Å². The summed E-state index contributed by atoms with van der Waals surface area (Å²) < 4.78 is 0.831. The number of benzene rings is 1. The van der Waals surface area contributed by atoms with Gasteiger partial charge in [-0.25, -0.2) is 0 Å². The number of carbonyl (C=O) groups excluding carboxylic acids is 1. The monoisotopic (exact) mass is 362 g/mol. The summed E-state index contributed by atoms with van der Waals surface area (Å²) in [4.78, 5) is 24.2. The van der Waals surface area contributed by atoms with E-state index in [-0.39, 0.29) is 18.9 Å². The van der Waals surface area contributed by atoms with E-state index in [4.69, 9.17) is 16.7 Å². The maximum Gasteiger partial charge on any atom is 0.304 e. The van der Waals surface area contributed by atoms with Crippen LogP contribution in [0.2, 0.25) is 5.02 Å². The van der Waals surface area contributed by atoms with Gasteiger partial charge in [-0.1, -0.05) is 34.5 Å². The molecule has 0 heterocycles. The van der Waals surface area contributed by atoms with E-state index in [1.54, 1.807) is 23.1 Å². The van der Waals surface area contributed by atoms with Gasteiger partial charge in [-0.3, -0.25) is 14.5 Å². The van der Waals surface area contributed by atoms with Gasteiger partial charge < -0.3 is 10.4 Å². The molecule has 1 aromatic rings. The fourth-order valence-corrected chi connectivity index (χ4v) is 2.31. The van der Waals surface area contributed by atoms with Crippen molar-refractivity contribution in [1.29, 1.82) is 0 Å². The minimum Gasteiger partial charge on any atom is -0.481 e. The lowest BCUT2D eigenvalue weighted by molar-refractivity contribution is -0.137. The molecule has 0 aliphatic heterocycles. The van der Waals surface area contributed by atoms with Crippen molar-refractivity contribution < 1.29 is 14.7 Å². The lowest BCUT2D eigenvalue weighted by atomic mass is 10.3. The van der Waals surface area contributed by atoms with Crippen LogP contribution in [-0.4, -0.2) is 41.5 Å². The van der Waals surface area contributed by atoms with Gasteiger partial charge in [0.05, 0.1) is 23.7 Å². The first-order chi connectivity index (χ1) is 9.42. The molecule has 0 bridgehead atoms. The van der Waals surface area contributed by atoms with Gasteiger partial charge in [0.2, 0.25) is 5.91 Å². The molecule has 0 fully saturated rings. The first-order valence-electron chi connectivity index (χ1n) is 6.11. The molecule has 1 aromatic carbocycles. The molecular formula is C13H16BrClN2O3. The number of rotatable bonds is 7. The van der Waals surface area contributed by atoms with E-state index in [1.807, 2.05) is 6.92 Å². The van der Waals surface area contributed by atoms with E-state index >= 15 is 0 Å². The molecule has 0 radical (unpaired) electrons.